The molecule has 0 spiro atoms. The van der Waals surface area contributed by atoms with E-state index in [4.69, 9.17) is 11.6 Å². The number of nitrogens with one attached hydrogen (secondary N) is 1. The lowest BCUT2D eigenvalue weighted by molar-refractivity contribution is 0.0652. The molecule has 24 heavy (non-hydrogen) atoms. The minimum Gasteiger partial charge on any atom is -0.316 e. The number of amides is 2. The van der Waals surface area contributed by atoms with Crippen molar-refractivity contribution in [1.82, 2.24) is 10.2 Å². The Morgan fingerprint density at radius 3 is 2.12 bits per heavy atom. The van der Waals surface area contributed by atoms with Crippen LogP contribution in [0.2, 0.25) is 5.02 Å². The standard InChI is InChI=1S/C19H19ClN2O2/c20-15-8-6-14(7-9-15)10-12-21-11-3-13-22-18(23)16-4-1-2-5-17(16)19(22)24/h1-2,4-9,21H,3,10-13H2. The second-order valence-corrected chi connectivity index (χ2v) is 6.22. The highest BCUT2D eigenvalue weighted by atomic mass is 35.5. The van der Waals surface area contributed by atoms with Crippen molar-refractivity contribution in [3.8, 4) is 0 Å². The van der Waals surface area contributed by atoms with E-state index in [-0.39, 0.29) is 11.8 Å². The largest absolute Gasteiger partial charge is 0.316 e. The number of carbonyl (C=O) groups is 2. The predicted octanol–water partition coefficient (Wildman–Crippen LogP) is 3.16. The van der Waals surface area contributed by atoms with Gasteiger partial charge in [-0.25, -0.2) is 0 Å². The number of benzene rings is 2. The molecule has 1 aliphatic rings. The molecule has 1 aliphatic heterocycles. The number of nitrogens with zero attached hydrogens (tertiary/aromatic N) is 1. The Morgan fingerprint density at radius 1 is 0.875 bits per heavy atom. The van der Waals surface area contributed by atoms with Crippen molar-refractivity contribution < 1.29 is 9.59 Å². The minimum atomic E-state index is -0.184. The lowest BCUT2D eigenvalue weighted by Crippen LogP contribution is -2.32. The number of hydrogen-bond donors (Lipinski definition) is 1. The van der Waals surface area contributed by atoms with Crippen LogP contribution in [0.1, 0.15) is 32.7 Å². The summed E-state index contributed by atoms with van der Waals surface area (Å²) in [6, 6.07) is 14.8. The molecular weight excluding hydrogens is 324 g/mol. The van der Waals surface area contributed by atoms with E-state index in [0.29, 0.717) is 17.7 Å². The highest BCUT2D eigenvalue weighted by molar-refractivity contribution is 6.30. The monoisotopic (exact) mass is 342 g/mol. The first kappa shape index (κ1) is 16.7. The molecule has 0 saturated heterocycles. The van der Waals surface area contributed by atoms with Crippen molar-refractivity contribution >= 4 is 23.4 Å². The second-order valence-electron chi connectivity index (χ2n) is 5.79. The molecule has 5 heteroatoms. The molecule has 0 unspecified atom stereocenters. The number of imide groups is 1. The first-order valence-corrected chi connectivity index (χ1v) is 8.45. The van der Waals surface area contributed by atoms with Gasteiger partial charge in [0, 0.05) is 11.6 Å². The van der Waals surface area contributed by atoms with Gasteiger partial charge in [0.25, 0.3) is 11.8 Å². The van der Waals surface area contributed by atoms with Crippen LogP contribution in [0.25, 0.3) is 0 Å². The second kappa shape index (κ2) is 7.60. The summed E-state index contributed by atoms with van der Waals surface area (Å²) in [5, 5.41) is 4.08. The zero-order valence-electron chi connectivity index (χ0n) is 13.3. The van der Waals surface area contributed by atoms with Crippen molar-refractivity contribution in [3.05, 3.63) is 70.2 Å². The van der Waals surface area contributed by atoms with E-state index in [1.807, 2.05) is 24.3 Å². The van der Waals surface area contributed by atoms with Gasteiger partial charge >= 0.3 is 0 Å². The SMILES string of the molecule is O=C1c2ccccc2C(=O)N1CCCNCCc1ccc(Cl)cc1. The number of fused-ring (bicyclic) bond motifs is 1. The third-order valence-corrected chi connectivity index (χ3v) is 4.37. The Balaban J connectivity index is 1.39. The lowest BCUT2D eigenvalue weighted by Gasteiger charge is -2.13. The van der Waals surface area contributed by atoms with Crippen molar-refractivity contribution in [2.45, 2.75) is 12.8 Å². The summed E-state index contributed by atoms with van der Waals surface area (Å²) in [6.07, 6.45) is 1.66. The van der Waals surface area contributed by atoms with Gasteiger partial charge in [0.2, 0.25) is 0 Å². The maximum Gasteiger partial charge on any atom is 0.261 e. The van der Waals surface area contributed by atoms with E-state index in [1.54, 1.807) is 24.3 Å². The Morgan fingerprint density at radius 2 is 1.50 bits per heavy atom. The molecule has 0 fully saturated rings. The topological polar surface area (TPSA) is 49.4 Å². The van der Waals surface area contributed by atoms with Gasteiger partial charge < -0.3 is 5.32 Å². The summed E-state index contributed by atoms with van der Waals surface area (Å²) in [5.41, 5.74) is 2.25. The minimum absolute atomic E-state index is 0.184. The highest BCUT2D eigenvalue weighted by Crippen LogP contribution is 2.22. The van der Waals surface area contributed by atoms with Crippen molar-refractivity contribution in [2.75, 3.05) is 19.6 Å². The van der Waals surface area contributed by atoms with Crippen molar-refractivity contribution in [3.63, 3.8) is 0 Å². The van der Waals surface area contributed by atoms with Crippen LogP contribution >= 0.6 is 11.6 Å². The van der Waals surface area contributed by atoms with Crippen LogP contribution in [0.15, 0.2) is 48.5 Å². The van der Waals surface area contributed by atoms with Gasteiger partial charge in [-0.15, -0.1) is 0 Å². The molecule has 0 aliphatic carbocycles. The van der Waals surface area contributed by atoms with Crippen LogP contribution in [-0.4, -0.2) is 36.3 Å². The van der Waals surface area contributed by atoms with Gasteiger partial charge in [0.15, 0.2) is 0 Å². The van der Waals surface area contributed by atoms with Crippen LogP contribution in [-0.2, 0) is 6.42 Å². The van der Waals surface area contributed by atoms with Gasteiger partial charge in [0.1, 0.15) is 0 Å². The van der Waals surface area contributed by atoms with Crippen LogP contribution < -0.4 is 5.32 Å². The summed E-state index contributed by atoms with van der Waals surface area (Å²) in [6.45, 7) is 2.06. The zero-order valence-corrected chi connectivity index (χ0v) is 14.1. The molecule has 0 radical (unpaired) electrons. The fourth-order valence-corrected chi connectivity index (χ4v) is 2.94. The Kier molecular flexibility index (Phi) is 5.28. The van der Waals surface area contributed by atoms with Crippen LogP contribution in [0.3, 0.4) is 0 Å². The summed E-state index contributed by atoms with van der Waals surface area (Å²) in [5.74, 6) is -0.367. The van der Waals surface area contributed by atoms with E-state index in [1.165, 1.54) is 10.5 Å². The Hall–Kier alpha value is -2.17. The molecule has 2 amide bonds. The van der Waals surface area contributed by atoms with Gasteiger partial charge in [-0.3, -0.25) is 14.5 Å². The zero-order chi connectivity index (χ0) is 16.9. The fourth-order valence-electron chi connectivity index (χ4n) is 2.81. The highest BCUT2D eigenvalue weighted by Gasteiger charge is 2.34. The average Bonchev–Trinajstić information content (AvgIpc) is 2.84. The molecule has 0 aromatic heterocycles. The van der Waals surface area contributed by atoms with E-state index in [9.17, 15) is 9.59 Å². The Labute approximate surface area is 146 Å². The van der Waals surface area contributed by atoms with Gasteiger partial charge in [-0.2, -0.15) is 0 Å². The predicted molar refractivity (Wildman–Crippen MR) is 94.5 cm³/mol. The first-order chi connectivity index (χ1) is 11.7. The van der Waals surface area contributed by atoms with Crippen LogP contribution in [0.5, 0.6) is 0 Å². The van der Waals surface area contributed by atoms with E-state index in [0.717, 1.165) is 31.0 Å². The lowest BCUT2D eigenvalue weighted by atomic mass is 10.1. The van der Waals surface area contributed by atoms with Crippen molar-refractivity contribution in [2.24, 2.45) is 0 Å². The van der Waals surface area contributed by atoms with Crippen LogP contribution in [0.4, 0.5) is 0 Å². The average molecular weight is 343 g/mol. The molecule has 0 bridgehead atoms. The fraction of sp³-hybridized carbons (Fsp3) is 0.263. The van der Waals surface area contributed by atoms with Crippen molar-refractivity contribution in [1.29, 1.82) is 0 Å². The van der Waals surface area contributed by atoms with Gasteiger partial charge in [-0.1, -0.05) is 35.9 Å². The maximum atomic E-state index is 12.2. The van der Waals surface area contributed by atoms with Crippen LogP contribution in [0, 0.1) is 0 Å². The summed E-state index contributed by atoms with van der Waals surface area (Å²) < 4.78 is 0. The molecule has 0 atom stereocenters. The van der Waals surface area contributed by atoms with E-state index < -0.39 is 0 Å². The third-order valence-electron chi connectivity index (χ3n) is 4.12. The normalized spacial score (nSPS) is 13.5. The summed E-state index contributed by atoms with van der Waals surface area (Å²) >= 11 is 5.86. The molecular formula is C19H19ClN2O2. The molecule has 2 aromatic carbocycles. The molecule has 4 nitrogen and oxygen atoms in total. The summed E-state index contributed by atoms with van der Waals surface area (Å²) in [4.78, 5) is 25.8. The van der Waals surface area contributed by atoms with E-state index in [2.05, 4.69) is 5.32 Å². The number of hydrogen-bond acceptors (Lipinski definition) is 3. The summed E-state index contributed by atoms with van der Waals surface area (Å²) in [7, 11) is 0. The number of rotatable bonds is 7. The molecule has 3 rings (SSSR count). The molecule has 1 N–H and O–H groups in total. The molecule has 124 valence electrons. The molecule has 0 saturated carbocycles. The Bertz CT molecular complexity index is 708. The number of carbonyl (C=O) groups excluding carboxylic acids is 2. The first-order valence-electron chi connectivity index (χ1n) is 8.07. The molecule has 1 heterocycles. The van der Waals surface area contributed by atoms with E-state index >= 15 is 0 Å². The smallest absolute Gasteiger partial charge is 0.261 e. The van der Waals surface area contributed by atoms with Gasteiger partial charge in [-0.05, 0) is 55.8 Å². The third kappa shape index (κ3) is 3.66. The molecule has 2 aromatic rings. The maximum absolute atomic E-state index is 12.2. The van der Waals surface area contributed by atoms with Gasteiger partial charge in [0.05, 0.1) is 11.1 Å². The quantitative estimate of drug-likeness (QED) is 0.621. The number of halogens is 1.